The number of carbonyl (C=O) groups is 2. The Morgan fingerprint density at radius 1 is 1.24 bits per heavy atom. The molecule has 0 spiro atoms. The fourth-order valence-electron chi connectivity index (χ4n) is 4.47. The second-order valence-electron chi connectivity index (χ2n) is 7.80. The number of esters is 1. The second-order valence-corrected chi connectivity index (χ2v) is 9.74. The first kappa shape index (κ1) is 20.1. The third kappa shape index (κ3) is 3.71. The van der Waals surface area contributed by atoms with Crippen LogP contribution < -0.4 is 5.32 Å². The Kier molecular flexibility index (Phi) is 5.48. The van der Waals surface area contributed by atoms with Crippen molar-refractivity contribution in [1.82, 2.24) is 4.31 Å². The van der Waals surface area contributed by atoms with Gasteiger partial charge in [-0.15, -0.1) is 0 Å². The monoisotopic (exact) mass is 418 g/mol. The fourth-order valence-corrected chi connectivity index (χ4v) is 6.02. The van der Waals surface area contributed by atoms with E-state index in [1.807, 2.05) is 0 Å². The number of sulfonamides is 1. The highest BCUT2D eigenvalue weighted by Crippen LogP contribution is 2.40. The first-order valence-electron chi connectivity index (χ1n) is 10.3. The lowest BCUT2D eigenvalue weighted by Gasteiger charge is -2.30. The second kappa shape index (κ2) is 7.91. The number of carbonyl (C=O) groups excluding carboxylic acids is 2. The van der Waals surface area contributed by atoms with Crippen molar-refractivity contribution in [2.75, 3.05) is 25.0 Å². The van der Waals surface area contributed by atoms with Gasteiger partial charge in [-0.1, -0.05) is 5.57 Å². The lowest BCUT2D eigenvalue weighted by atomic mass is 10.00. The van der Waals surface area contributed by atoms with Gasteiger partial charge in [0.15, 0.2) is 0 Å². The van der Waals surface area contributed by atoms with Crippen LogP contribution in [-0.4, -0.2) is 44.3 Å². The maximum Gasteiger partial charge on any atom is 0.310 e. The number of hydrogen-bond acceptors (Lipinski definition) is 5. The Morgan fingerprint density at radius 3 is 2.72 bits per heavy atom. The van der Waals surface area contributed by atoms with Gasteiger partial charge in [0, 0.05) is 29.9 Å². The molecule has 1 N–H and O–H groups in total. The molecule has 3 aliphatic rings. The van der Waals surface area contributed by atoms with Crippen LogP contribution in [0, 0.1) is 5.92 Å². The number of piperidine rings is 1. The quantitative estimate of drug-likeness (QED) is 0.599. The molecule has 29 heavy (non-hydrogen) atoms. The van der Waals surface area contributed by atoms with E-state index in [9.17, 15) is 18.0 Å². The third-order valence-electron chi connectivity index (χ3n) is 5.94. The van der Waals surface area contributed by atoms with Crippen LogP contribution in [0.2, 0.25) is 0 Å². The number of fused-ring (bicyclic) bond motifs is 1. The Balaban J connectivity index is 1.64. The molecule has 1 amide bonds. The number of anilines is 1. The molecule has 1 aromatic carbocycles. The zero-order valence-corrected chi connectivity index (χ0v) is 17.4. The van der Waals surface area contributed by atoms with E-state index in [0.29, 0.717) is 36.2 Å². The van der Waals surface area contributed by atoms with Crippen LogP contribution in [0.25, 0.3) is 5.57 Å². The van der Waals surface area contributed by atoms with Gasteiger partial charge < -0.3 is 10.1 Å². The molecule has 0 bridgehead atoms. The van der Waals surface area contributed by atoms with Gasteiger partial charge in [0.1, 0.15) is 0 Å². The number of amides is 1. The first-order chi connectivity index (χ1) is 13.9. The molecule has 7 nitrogen and oxygen atoms in total. The molecule has 1 aliphatic carbocycles. The molecule has 2 heterocycles. The van der Waals surface area contributed by atoms with Crippen LogP contribution in [0.15, 0.2) is 28.7 Å². The minimum Gasteiger partial charge on any atom is -0.466 e. The van der Waals surface area contributed by atoms with Crippen molar-refractivity contribution in [3.05, 3.63) is 29.3 Å². The van der Waals surface area contributed by atoms with Gasteiger partial charge >= 0.3 is 5.97 Å². The lowest BCUT2D eigenvalue weighted by molar-refractivity contribution is -0.149. The van der Waals surface area contributed by atoms with E-state index in [-0.39, 0.29) is 29.9 Å². The topological polar surface area (TPSA) is 92.8 Å². The molecule has 0 radical (unpaired) electrons. The SMILES string of the molecule is CCOC(=O)[C@H]1CCCN(S(=O)(=O)c2ccc3c(c2)C(=C2CCCC2)C(=O)N3)C1. The molecule has 4 rings (SSSR count). The highest BCUT2D eigenvalue weighted by Gasteiger charge is 2.36. The molecule has 8 heteroatoms. The zero-order chi connectivity index (χ0) is 20.6. The molecule has 1 saturated carbocycles. The van der Waals surface area contributed by atoms with Crippen molar-refractivity contribution >= 4 is 33.2 Å². The first-order valence-corrected chi connectivity index (χ1v) is 11.7. The predicted octanol–water partition coefficient (Wildman–Crippen LogP) is 2.93. The summed E-state index contributed by atoms with van der Waals surface area (Å²) in [6.45, 7) is 2.53. The average molecular weight is 419 g/mol. The summed E-state index contributed by atoms with van der Waals surface area (Å²) < 4.78 is 33.0. The number of allylic oxidation sites excluding steroid dienone is 1. The Hall–Kier alpha value is -2.19. The number of nitrogens with one attached hydrogen (secondary N) is 1. The van der Waals surface area contributed by atoms with Crippen molar-refractivity contribution < 1.29 is 22.7 Å². The molecular formula is C21H26N2O5S. The summed E-state index contributed by atoms with van der Waals surface area (Å²) >= 11 is 0. The smallest absolute Gasteiger partial charge is 0.310 e. The van der Waals surface area contributed by atoms with Gasteiger partial charge in [-0.05, 0) is 63.6 Å². The van der Waals surface area contributed by atoms with E-state index in [1.165, 1.54) is 10.4 Å². The number of hydrogen-bond donors (Lipinski definition) is 1. The van der Waals surface area contributed by atoms with Crippen LogP contribution >= 0.6 is 0 Å². The summed E-state index contributed by atoms with van der Waals surface area (Å²) in [7, 11) is -3.77. The van der Waals surface area contributed by atoms with E-state index in [1.54, 1.807) is 19.1 Å². The molecule has 156 valence electrons. The van der Waals surface area contributed by atoms with E-state index in [0.717, 1.165) is 31.3 Å². The summed E-state index contributed by atoms with van der Waals surface area (Å²) in [5, 5.41) is 2.85. The number of ether oxygens (including phenoxy) is 1. The van der Waals surface area contributed by atoms with Gasteiger partial charge in [-0.25, -0.2) is 8.42 Å². The van der Waals surface area contributed by atoms with E-state index >= 15 is 0 Å². The van der Waals surface area contributed by atoms with Gasteiger partial charge in [-0.3, -0.25) is 9.59 Å². The average Bonchev–Trinajstić information content (AvgIpc) is 3.34. The summed E-state index contributed by atoms with van der Waals surface area (Å²) in [6, 6.07) is 4.80. The molecule has 1 atom stereocenters. The normalized spacial score (nSPS) is 22.5. The molecule has 0 aromatic heterocycles. The highest BCUT2D eigenvalue weighted by atomic mass is 32.2. The van der Waals surface area contributed by atoms with Crippen LogP contribution in [0.1, 0.15) is 51.0 Å². The van der Waals surface area contributed by atoms with Crippen molar-refractivity contribution in [2.24, 2.45) is 5.92 Å². The Labute approximate surface area is 171 Å². The van der Waals surface area contributed by atoms with Crippen LogP contribution in [0.5, 0.6) is 0 Å². The van der Waals surface area contributed by atoms with Gasteiger partial charge in [0.05, 0.1) is 17.4 Å². The zero-order valence-electron chi connectivity index (χ0n) is 16.6. The number of rotatable bonds is 4. The minimum absolute atomic E-state index is 0.128. The Bertz CT molecular complexity index is 975. The lowest BCUT2D eigenvalue weighted by Crippen LogP contribution is -2.42. The fraction of sp³-hybridized carbons (Fsp3) is 0.524. The molecule has 0 unspecified atom stereocenters. The third-order valence-corrected chi connectivity index (χ3v) is 7.80. The summed E-state index contributed by atoms with van der Waals surface area (Å²) in [6.07, 6.45) is 5.12. The molecule has 2 aliphatic heterocycles. The molecule has 1 saturated heterocycles. The van der Waals surface area contributed by atoms with Crippen molar-refractivity contribution in [3.63, 3.8) is 0 Å². The van der Waals surface area contributed by atoms with Crippen LogP contribution in [0.4, 0.5) is 5.69 Å². The molecule has 2 fully saturated rings. The van der Waals surface area contributed by atoms with Gasteiger partial charge in [0.25, 0.3) is 5.91 Å². The van der Waals surface area contributed by atoms with E-state index in [2.05, 4.69) is 5.32 Å². The largest absolute Gasteiger partial charge is 0.466 e. The van der Waals surface area contributed by atoms with Crippen LogP contribution in [0.3, 0.4) is 0 Å². The molecule has 1 aromatic rings. The summed E-state index contributed by atoms with van der Waals surface area (Å²) in [5.41, 5.74) is 3.08. The van der Waals surface area contributed by atoms with Crippen molar-refractivity contribution in [2.45, 2.75) is 50.3 Å². The van der Waals surface area contributed by atoms with E-state index in [4.69, 9.17) is 4.74 Å². The highest BCUT2D eigenvalue weighted by molar-refractivity contribution is 7.89. The number of nitrogens with zero attached hydrogens (tertiary/aromatic N) is 1. The van der Waals surface area contributed by atoms with Crippen molar-refractivity contribution in [1.29, 1.82) is 0 Å². The van der Waals surface area contributed by atoms with Crippen molar-refractivity contribution in [3.8, 4) is 0 Å². The molecular weight excluding hydrogens is 392 g/mol. The van der Waals surface area contributed by atoms with Gasteiger partial charge in [0.2, 0.25) is 10.0 Å². The minimum atomic E-state index is -3.77. The van der Waals surface area contributed by atoms with Crippen LogP contribution in [-0.2, 0) is 24.3 Å². The number of benzene rings is 1. The maximum absolute atomic E-state index is 13.3. The van der Waals surface area contributed by atoms with Gasteiger partial charge in [-0.2, -0.15) is 4.31 Å². The predicted molar refractivity (Wildman–Crippen MR) is 109 cm³/mol. The Morgan fingerprint density at radius 2 is 2.00 bits per heavy atom. The maximum atomic E-state index is 13.3. The standard InChI is InChI=1S/C21H26N2O5S/c1-2-28-21(25)15-8-5-11-23(13-15)29(26,27)16-9-10-18-17(12-16)19(20(24)22-18)14-6-3-4-7-14/h9-10,12,15H,2-8,11,13H2,1H3,(H,22,24)/t15-/m0/s1. The van der Waals surface area contributed by atoms with E-state index < -0.39 is 15.9 Å². The summed E-state index contributed by atoms with van der Waals surface area (Å²) in [5.74, 6) is -0.927. The summed E-state index contributed by atoms with van der Waals surface area (Å²) in [4.78, 5) is 24.7.